The third-order valence-electron chi connectivity index (χ3n) is 7.08. The fourth-order valence-electron chi connectivity index (χ4n) is 4.56. The second-order valence-corrected chi connectivity index (χ2v) is 10.3. The summed E-state index contributed by atoms with van der Waals surface area (Å²) < 4.78 is 45.8. The maximum Gasteiger partial charge on any atom is 0.404 e. The highest BCUT2D eigenvalue weighted by Crippen LogP contribution is 2.37. The Morgan fingerprint density at radius 2 is 1.80 bits per heavy atom. The Morgan fingerprint density at radius 1 is 1.11 bits per heavy atom. The van der Waals surface area contributed by atoms with Gasteiger partial charge in [-0.2, -0.15) is 8.78 Å². The molecule has 16 heteroatoms. The summed E-state index contributed by atoms with van der Waals surface area (Å²) in [7, 11) is 1.22. The normalized spacial score (nSPS) is 15.5. The van der Waals surface area contributed by atoms with Crippen LogP contribution in [-0.2, 0) is 16.1 Å². The van der Waals surface area contributed by atoms with Gasteiger partial charge in [-0.05, 0) is 74.1 Å². The van der Waals surface area contributed by atoms with Crippen LogP contribution in [0, 0.1) is 5.92 Å². The number of nitrogens with one attached hydrogen (secondary N) is 1. The number of amides is 3. The fraction of sp³-hybridized carbons (Fsp3) is 0.367. The Morgan fingerprint density at radius 3 is 2.39 bits per heavy atom. The van der Waals surface area contributed by atoms with Gasteiger partial charge in [0.05, 0.1) is 25.8 Å². The summed E-state index contributed by atoms with van der Waals surface area (Å²) in [6.45, 7) is -2.52. The number of carbonyl (C=O) groups is 4. The fourth-order valence-corrected chi connectivity index (χ4v) is 4.56. The number of aromatic nitrogens is 1. The number of aromatic carboxylic acids is 1. The molecule has 5 rings (SSSR count). The van der Waals surface area contributed by atoms with E-state index in [1.165, 1.54) is 54.5 Å². The molecular weight excluding hydrogens is 612 g/mol. The number of hydrogen-bond acceptors (Lipinski definition) is 10. The molecule has 0 radical (unpaired) electrons. The molecule has 2 aliphatic rings. The van der Waals surface area contributed by atoms with Crippen LogP contribution in [0.3, 0.4) is 0 Å². The first-order chi connectivity index (χ1) is 22.0. The van der Waals surface area contributed by atoms with Crippen molar-refractivity contribution in [3.8, 4) is 23.0 Å². The van der Waals surface area contributed by atoms with Gasteiger partial charge in [-0.15, -0.1) is 0 Å². The first-order valence-corrected chi connectivity index (χ1v) is 14.2. The zero-order chi connectivity index (χ0) is 33.4. The number of carboxylic acid groups (broad SMARTS) is 1. The number of ether oxygens (including phenoxy) is 3. The SMILES string of the molecule is COC(N)=O.NCc1oc(-c2ccc(OC(F)F)c(OCC3CC3)c2)nc1C(=O)N1CCCC1C(=O)Nc1ccc(C(=O)O)cc1. The number of halogens is 2. The van der Waals surface area contributed by atoms with E-state index in [9.17, 15) is 28.0 Å². The van der Waals surface area contributed by atoms with E-state index in [1.807, 2.05) is 0 Å². The Balaban J connectivity index is 0.000000892. The van der Waals surface area contributed by atoms with E-state index in [4.69, 9.17) is 20.0 Å². The molecule has 1 aromatic heterocycles. The van der Waals surface area contributed by atoms with Crippen molar-refractivity contribution in [1.82, 2.24) is 9.88 Å². The van der Waals surface area contributed by atoms with Gasteiger partial charge in [0.15, 0.2) is 23.0 Å². The molecule has 0 spiro atoms. The number of hydrogen-bond donors (Lipinski definition) is 4. The van der Waals surface area contributed by atoms with E-state index in [0.29, 0.717) is 43.2 Å². The monoisotopic (exact) mass is 645 g/mol. The molecular formula is C30H33F2N5O9. The molecule has 3 amide bonds. The standard InChI is InChI=1S/C28H28F2N4O7.C2H5NO2/c29-28(30)41-20-10-7-17(12-21(20)39-14-15-3-4-15)25-33-23(22(13-31)40-25)26(36)34-11-1-2-19(34)24(35)32-18-8-5-16(6-9-18)27(37)38;1-5-2(3)4/h5-10,12,15,19,28H,1-4,11,13-14,31H2,(H,32,35)(H,37,38);1H3,(H2,3,4). The second-order valence-electron chi connectivity index (χ2n) is 10.3. The number of carbonyl (C=O) groups excluding carboxylic acids is 3. The van der Waals surface area contributed by atoms with E-state index in [2.05, 4.69) is 25.5 Å². The number of primary amides is 1. The summed E-state index contributed by atoms with van der Waals surface area (Å²) in [5, 5.41) is 11.8. The quantitative estimate of drug-likeness (QED) is 0.235. The van der Waals surface area contributed by atoms with Crippen LogP contribution in [-0.4, -0.2) is 71.8 Å². The van der Waals surface area contributed by atoms with E-state index in [-0.39, 0.29) is 41.0 Å². The summed E-state index contributed by atoms with van der Waals surface area (Å²) in [6.07, 6.45) is 2.26. The van der Waals surface area contributed by atoms with Crippen LogP contribution >= 0.6 is 0 Å². The molecule has 1 aliphatic carbocycles. The molecule has 2 heterocycles. The van der Waals surface area contributed by atoms with Crippen molar-refractivity contribution in [2.45, 2.75) is 44.9 Å². The highest BCUT2D eigenvalue weighted by molar-refractivity contribution is 6.01. The maximum atomic E-state index is 13.6. The molecule has 246 valence electrons. The predicted octanol–water partition coefficient (Wildman–Crippen LogP) is 3.84. The van der Waals surface area contributed by atoms with Gasteiger partial charge in [0.25, 0.3) is 5.91 Å². The van der Waals surface area contributed by atoms with Gasteiger partial charge in [0.2, 0.25) is 11.8 Å². The average molecular weight is 646 g/mol. The van der Waals surface area contributed by atoms with E-state index < -0.39 is 36.5 Å². The van der Waals surface area contributed by atoms with E-state index >= 15 is 0 Å². The number of alkyl halides is 2. The molecule has 14 nitrogen and oxygen atoms in total. The molecule has 1 saturated carbocycles. The number of rotatable bonds is 11. The molecule has 46 heavy (non-hydrogen) atoms. The van der Waals surface area contributed by atoms with Gasteiger partial charge < -0.3 is 45.4 Å². The number of oxazole rings is 1. The summed E-state index contributed by atoms with van der Waals surface area (Å²) in [4.78, 5) is 52.8. The van der Waals surface area contributed by atoms with Gasteiger partial charge >= 0.3 is 18.7 Å². The Hall–Kier alpha value is -5.25. The minimum absolute atomic E-state index is 0.0346. The van der Waals surface area contributed by atoms with Gasteiger partial charge in [0.1, 0.15) is 6.04 Å². The van der Waals surface area contributed by atoms with Crippen molar-refractivity contribution in [1.29, 1.82) is 0 Å². The van der Waals surface area contributed by atoms with Crippen LogP contribution in [0.5, 0.6) is 11.5 Å². The van der Waals surface area contributed by atoms with Crippen molar-refractivity contribution in [3.05, 3.63) is 59.5 Å². The molecule has 2 fully saturated rings. The largest absolute Gasteiger partial charge is 0.489 e. The van der Waals surface area contributed by atoms with Crippen LogP contribution in [0.15, 0.2) is 46.9 Å². The summed E-state index contributed by atoms with van der Waals surface area (Å²) in [5.41, 5.74) is 11.1. The highest BCUT2D eigenvalue weighted by atomic mass is 19.3. The minimum atomic E-state index is -3.03. The number of methoxy groups -OCH3 is 1. The predicted molar refractivity (Wildman–Crippen MR) is 157 cm³/mol. The zero-order valence-electron chi connectivity index (χ0n) is 24.7. The number of anilines is 1. The molecule has 0 bridgehead atoms. The van der Waals surface area contributed by atoms with Crippen LogP contribution in [0.4, 0.5) is 19.3 Å². The average Bonchev–Trinajstić information content (AvgIpc) is 3.54. The van der Waals surface area contributed by atoms with E-state index in [1.54, 1.807) is 0 Å². The first-order valence-electron chi connectivity index (χ1n) is 14.2. The van der Waals surface area contributed by atoms with Crippen molar-refractivity contribution in [2.24, 2.45) is 17.4 Å². The molecule has 1 saturated heterocycles. The van der Waals surface area contributed by atoms with Gasteiger partial charge in [-0.25, -0.2) is 14.6 Å². The number of nitrogens with zero attached hydrogens (tertiary/aromatic N) is 2. The summed E-state index contributed by atoms with van der Waals surface area (Å²) in [5.74, 6) is -1.58. The maximum absolute atomic E-state index is 13.6. The molecule has 6 N–H and O–H groups in total. The van der Waals surface area contributed by atoms with Crippen LogP contribution < -0.4 is 26.3 Å². The lowest BCUT2D eigenvalue weighted by atomic mass is 10.1. The number of carboxylic acids is 1. The van der Waals surface area contributed by atoms with E-state index in [0.717, 1.165) is 12.8 Å². The lowest BCUT2D eigenvalue weighted by Crippen LogP contribution is -2.43. The summed E-state index contributed by atoms with van der Waals surface area (Å²) in [6, 6.07) is 9.13. The number of likely N-dealkylation sites (tertiary alicyclic amines) is 1. The van der Waals surface area contributed by atoms with Gasteiger partial charge in [-0.1, -0.05) is 0 Å². The Kier molecular flexibility index (Phi) is 11.1. The third-order valence-corrected chi connectivity index (χ3v) is 7.08. The smallest absolute Gasteiger partial charge is 0.404 e. The minimum Gasteiger partial charge on any atom is -0.489 e. The topological polar surface area (TPSA) is 210 Å². The molecule has 1 atom stereocenters. The van der Waals surface area contributed by atoms with Crippen LogP contribution in [0.2, 0.25) is 0 Å². The molecule has 2 aromatic carbocycles. The lowest BCUT2D eigenvalue weighted by Gasteiger charge is -2.23. The second kappa shape index (κ2) is 15.2. The van der Waals surface area contributed by atoms with Crippen molar-refractivity contribution < 1.29 is 51.7 Å². The Labute approximate surface area is 261 Å². The van der Waals surface area contributed by atoms with Gasteiger partial charge in [0, 0.05) is 17.8 Å². The van der Waals surface area contributed by atoms with Crippen molar-refractivity contribution in [2.75, 3.05) is 25.6 Å². The lowest BCUT2D eigenvalue weighted by molar-refractivity contribution is -0.119. The van der Waals surface area contributed by atoms with Crippen molar-refractivity contribution >= 4 is 29.6 Å². The molecule has 1 unspecified atom stereocenters. The highest BCUT2D eigenvalue weighted by Gasteiger charge is 2.37. The summed E-state index contributed by atoms with van der Waals surface area (Å²) >= 11 is 0. The van der Waals surface area contributed by atoms with Crippen LogP contribution in [0.1, 0.15) is 52.3 Å². The zero-order valence-corrected chi connectivity index (χ0v) is 24.7. The Bertz CT molecular complexity index is 1560. The van der Waals surface area contributed by atoms with Gasteiger partial charge in [-0.3, -0.25) is 9.59 Å². The van der Waals surface area contributed by atoms with Crippen LogP contribution in [0.25, 0.3) is 11.5 Å². The number of nitrogens with two attached hydrogens (primary N) is 2. The first kappa shape index (κ1) is 33.6. The molecule has 3 aromatic rings. The van der Waals surface area contributed by atoms with Crippen molar-refractivity contribution in [3.63, 3.8) is 0 Å². The molecule has 1 aliphatic heterocycles. The number of benzene rings is 2. The third kappa shape index (κ3) is 8.68.